The van der Waals surface area contributed by atoms with E-state index in [1.807, 2.05) is 6.92 Å². The molecule has 4 heteroatoms. The molecular weight excluding hydrogens is 284 g/mol. The molecule has 17 heavy (non-hydrogen) atoms. The van der Waals surface area contributed by atoms with Crippen molar-refractivity contribution in [1.82, 2.24) is 0 Å². The Labute approximate surface area is 110 Å². The van der Waals surface area contributed by atoms with E-state index in [-0.39, 0.29) is 12.6 Å². The molecule has 0 amide bonds. The van der Waals surface area contributed by atoms with Crippen molar-refractivity contribution in [3.8, 4) is 5.75 Å². The maximum atomic E-state index is 11.5. The maximum absolute atomic E-state index is 11.5. The lowest BCUT2D eigenvalue weighted by Crippen LogP contribution is -2.05. The predicted octanol–water partition coefficient (Wildman–Crippen LogP) is 3.58. The third-order valence-corrected chi connectivity index (χ3v) is 2.58. The number of rotatable bonds is 6. The molecule has 0 atom stereocenters. The van der Waals surface area contributed by atoms with Gasteiger partial charge in [0.25, 0.3) is 0 Å². The van der Waals surface area contributed by atoms with Gasteiger partial charge < -0.3 is 9.47 Å². The van der Waals surface area contributed by atoms with Gasteiger partial charge in [0.05, 0.1) is 16.6 Å². The van der Waals surface area contributed by atoms with Crippen LogP contribution in [0.15, 0.2) is 35.3 Å². The van der Waals surface area contributed by atoms with Gasteiger partial charge >= 0.3 is 5.97 Å². The standard InChI is InChI=1S/C13H15BrO3/c1-3-7-16-12-6-5-10(9-11(12)14)13(15)17-8-4-2/h4-6,9H,2-3,7-8H2,1H3. The van der Waals surface area contributed by atoms with Crippen molar-refractivity contribution in [2.75, 3.05) is 13.2 Å². The number of benzene rings is 1. The minimum atomic E-state index is -0.368. The molecule has 0 aromatic heterocycles. The summed E-state index contributed by atoms with van der Waals surface area (Å²) in [5.41, 5.74) is 0.488. The molecule has 0 unspecified atom stereocenters. The molecule has 0 aliphatic heterocycles. The molecule has 0 saturated heterocycles. The lowest BCUT2D eigenvalue weighted by molar-refractivity contribution is 0.0549. The van der Waals surface area contributed by atoms with Crippen molar-refractivity contribution >= 4 is 21.9 Å². The average molecular weight is 299 g/mol. The SMILES string of the molecule is C=CCOC(=O)c1ccc(OCCC)c(Br)c1. The van der Waals surface area contributed by atoms with E-state index in [2.05, 4.69) is 22.5 Å². The minimum Gasteiger partial charge on any atom is -0.492 e. The van der Waals surface area contributed by atoms with E-state index in [4.69, 9.17) is 9.47 Å². The molecule has 0 heterocycles. The topological polar surface area (TPSA) is 35.5 Å². The van der Waals surface area contributed by atoms with Gasteiger partial charge in [0.1, 0.15) is 12.4 Å². The summed E-state index contributed by atoms with van der Waals surface area (Å²) in [6.45, 7) is 6.39. The van der Waals surface area contributed by atoms with Crippen molar-refractivity contribution in [1.29, 1.82) is 0 Å². The Morgan fingerprint density at radius 3 is 2.88 bits per heavy atom. The van der Waals surface area contributed by atoms with E-state index in [0.29, 0.717) is 12.2 Å². The molecule has 0 aliphatic carbocycles. The molecule has 1 rings (SSSR count). The van der Waals surface area contributed by atoms with Gasteiger partial charge in [0, 0.05) is 0 Å². The molecule has 0 aliphatic rings. The molecule has 0 N–H and O–H groups in total. The van der Waals surface area contributed by atoms with E-state index < -0.39 is 0 Å². The molecule has 92 valence electrons. The second kappa shape index (κ2) is 7.12. The van der Waals surface area contributed by atoms with Crippen LogP contribution in [0.2, 0.25) is 0 Å². The van der Waals surface area contributed by atoms with Crippen molar-refractivity contribution in [3.63, 3.8) is 0 Å². The van der Waals surface area contributed by atoms with Crippen LogP contribution in [0.4, 0.5) is 0 Å². The summed E-state index contributed by atoms with van der Waals surface area (Å²) in [4.78, 5) is 11.5. The number of ether oxygens (including phenoxy) is 2. The highest BCUT2D eigenvalue weighted by Crippen LogP contribution is 2.26. The molecule has 1 aromatic carbocycles. The number of esters is 1. The normalized spacial score (nSPS) is 9.76. The van der Waals surface area contributed by atoms with Crippen LogP contribution >= 0.6 is 15.9 Å². The first-order valence-electron chi connectivity index (χ1n) is 5.39. The molecule has 3 nitrogen and oxygen atoms in total. The highest BCUT2D eigenvalue weighted by Gasteiger charge is 2.09. The van der Waals surface area contributed by atoms with Crippen LogP contribution in [-0.2, 0) is 4.74 Å². The van der Waals surface area contributed by atoms with E-state index in [0.717, 1.165) is 16.6 Å². The molecule has 0 spiro atoms. The van der Waals surface area contributed by atoms with Crippen LogP contribution in [-0.4, -0.2) is 19.2 Å². The van der Waals surface area contributed by atoms with Crippen LogP contribution in [0.5, 0.6) is 5.75 Å². The van der Waals surface area contributed by atoms with Gasteiger partial charge in [-0.1, -0.05) is 19.6 Å². The Kier molecular flexibility index (Phi) is 5.77. The maximum Gasteiger partial charge on any atom is 0.338 e. The smallest absolute Gasteiger partial charge is 0.338 e. The average Bonchev–Trinajstić information content (AvgIpc) is 2.34. The second-order valence-corrected chi connectivity index (χ2v) is 4.24. The van der Waals surface area contributed by atoms with E-state index >= 15 is 0 Å². The molecule has 0 bridgehead atoms. The zero-order valence-corrected chi connectivity index (χ0v) is 11.3. The van der Waals surface area contributed by atoms with Gasteiger partial charge in [0.15, 0.2) is 0 Å². The summed E-state index contributed by atoms with van der Waals surface area (Å²) in [5.74, 6) is 0.361. The number of carbonyl (C=O) groups excluding carboxylic acids is 1. The highest BCUT2D eigenvalue weighted by molar-refractivity contribution is 9.10. The zero-order chi connectivity index (χ0) is 12.7. The Balaban J connectivity index is 2.73. The number of carbonyl (C=O) groups is 1. The van der Waals surface area contributed by atoms with Gasteiger partial charge in [-0.15, -0.1) is 0 Å². The monoisotopic (exact) mass is 298 g/mol. The summed E-state index contributed by atoms with van der Waals surface area (Å²) in [6.07, 6.45) is 2.47. The minimum absolute atomic E-state index is 0.213. The van der Waals surface area contributed by atoms with Gasteiger partial charge in [0.2, 0.25) is 0 Å². The lowest BCUT2D eigenvalue weighted by atomic mass is 10.2. The molecule has 1 aromatic rings. The summed E-state index contributed by atoms with van der Waals surface area (Å²) in [7, 11) is 0. The fourth-order valence-electron chi connectivity index (χ4n) is 1.17. The summed E-state index contributed by atoms with van der Waals surface area (Å²) < 4.78 is 11.2. The number of halogens is 1. The fraction of sp³-hybridized carbons (Fsp3) is 0.308. The zero-order valence-electron chi connectivity index (χ0n) is 9.74. The fourth-order valence-corrected chi connectivity index (χ4v) is 1.67. The van der Waals surface area contributed by atoms with Crippen molar-refractivity contribution < 1.29 is 14.3 Å². The Morgan fingerprint density at radius 2 is 2.29 bits per heavy atom. The number of hydrogen-bond donors (Lipinski definition) is 0. The first kappa shape index (κ1) is 13.8. The largest absolute Gasteiger partial charge is 0.492 e. The van der Waals surface area contributed by atoms with Crippen LogP contribution in [0.1, 0.15) is 23.7 Å². The third kappa shape index (κ3) is 4.23. The van der Waals surface area contributed by atoms with Crippen LogP contribution in [0.3, 0.4) is 0 Å². The van der Waals surface area contributed by atoms with Gasteiger partial charge in [-0.2, -0.15) is 0 Å². The van der Waals surface area contributed by atoms with Gasteiger partial charge in [-0.05, 0) is 40.5 Å². The quantitative estimate of drug-likeness (QED) is 0.595. The van der Waals surface area contributed by atoms with Gasteiger partial charge in [-0.25, -0.2) is 4.79 Å². The third-order valence-electron chi connectivity index (χ3n) is 1.96. The Morgan fingerprint density at radius 1 is 1.53 bits per heavy atom. The summed E-state index contributed by atoms with van der Waals surface area (Å²) in [6, 6.07) is 5.13. The Bertz CT molecular complexity index is 402. The summed E-state index contributed by atoms with van der Waals surface area (Å²) in [5, 5.41) is 0. The van der Waals surface area contributed by atoms with Crippen molar-refractivity contribution in [3.05, 3.63) is 40.9 Å². The predicted molar refractivity (Wildman–Crippen MR) is 70.4 cm³/mol. The second-order valence-electron chi connectivity index (χ2n) is 3.38. The molecule has 0 saturated carbocycles. The van der Waals surface area contributed by atoms with E-state index in [1.165, 1.54) is 6.08 Å². The van der Waals surface area contributed by atoms with Crippen LogP contribution < -0.4 is 4.74 Å². The first-order valence-corrected chi connectivity index (χ1v) is 6.18. The molecule has 0 radical (unpaired) electrons. The Hall–Kier alpha value is -1.29. The molecular formula is C13H15BrO3. The van der Waals surface area contributed by atoms with E-state index in [1.54, 1.807) is 18.2 Å². The van der Waals surface area contributed by atoms with Crippen molar-refractivity contribution in [2.45, 2.75) is 13.3 Å². The van der Waals surface area contributed by atoms with Gasteiger partial charge in [-0.3, -0.25) is 0 Å². The number of hydrogen-bond acceptors (Lipinski definition) is 3. The lowest BCUT2D eigenvalue weighted by Gasteiger charge is -2.08. The van der Waals surface area contributed by atoms with Crippen LogP contribution in [0, 0.1) is 0 Å². The highest BCUT2D eigenvalue weighted by atomic mass is 79.9. The first-order chi connectivity index (χ1) is 8.19. The van der Waals surface area contributed by atoms with Crippen LogP contribution in [0.25, 0.3) is 0 Å². The van der Waals surface area contributed by atoms with Crippen molar-refractivity contribution in [2.24, 2.45) is 0 Å². The summed E-state index contributed by atoms with van der Waals surface area (Å²) >= 11 is 3.36. The van der Waals surface area contributed by atoms with E-state index in [9.17, 15) is 4.79 Å². The molecule has 0 fully saturated rings.